The van der Waals surface area contributed by atoms with Gasteiger partial charge in [0.1, 0.15) is 11.5 Å². The van der Waals surface area contributed by atoms with E-state index in [0.29, 0.717) is 41.3 Å². The van der Waals surface area contributed by atoms with Crippen LogP contribution < -0.4 is 9.47 Å². The van der Waals surface area contributed by atoms with E-state index in [0.717, 1.165) is 10.8 Å². The van der Waals surface area contributed by atoms with Gasteiger partial charge >= 0.3 is 11.9 Å². The van der Waals surface area contributed by atoms with Gasteiger partial charge in [0.15, 0.2) is 11.4 Å². The number of esters is 2. The molecule has 0 N–H and O–H groups in total. The highest BCUT2D eigenvalue weighted by molar-refractivity contribution is 6.06. The molecule has 0 amide bonds. The van der Waals surface area contributed by atoms with Crippen molar-refractivity contribution >= 4 is 33.7 Å². The second kappa shape index (κ2) is 10.0. The molecule has 0 unspecified atom stereocenters. The molecule has 8 heteroatoms. The molecule has 33 heavy (non-hydrogen) atoms. The summed E-state index contributed by atoms with van der Waals surface area (Å²) < 4.78 is 21.9. The third-order valence-electron chi connectivity index (χ3n) is 4.97. The van der Waals surface area contributed by atoms with E-state index >= 15 is 0 Å². The zero-order valence-corrected chi connectivity index (χ0v) is 20.1. The lowest BCUT2D eigenvalue weighted by atomic mass is 10.0. The average Bonchev–Trinajstić information content (AvgIpc) is 2.80. The Morgan fingerprint density at radius 1 is 0.758 bits per heavy atom. The predicted octanol–water partition coefficient (Wildman–Crippen LogP) is 4.73. The molecule has 176 valence electrons. The Labute approximate surface area is 193 Å². The van der Waals surface area contributed by atoms with Crippen molar-refractivity contribution in [2.45, 2.75) is 34.6 Å². The summed E-state index contributed by atoms with van der Waals surface area (Å²) >= 11 is 0. The van der Waals surface area contributed by atoms with E-state index in [1.807, 2.05) is 40.7 Å². The molecule has 8 nitrogen and oxygen atoms in total. The van der Waals surface area contributed by atoms with E-state index < -0.39 is 11.9 Å². The fraction of sp³-hybridized carbons (Fsp3) is 0.440. The number of nitrogens with zero attached hydrogens (tertiary/aromatic N) is 2. The van der Waals surface area contributed by atoms with Crippen molar-refractivity contribution in [3.05, 3.63) is 35.2 Å². The highest BCUT2D eigenvalue weighted by Crippen LogP contribution is 2.37. The van der Waals surface area contributed by atoms with Crippen LogP contribution in [0.15, 0.2) is 18.2 Å². The zero-order chi connectivity index (χ0) is 24.3. The van der Waals surface area contributed by atoms with Gasteiger partial charge in [-0.05, 0) is 24.8 Å². The van der Waals surface area contributed by atoms with Gasteiger partial charge in [-0.25, -0.2) is 19.6 Å². The number of hydrogen-bond acceptors (Lipinski definition) is 8. The van der Waals surface area contributed by atoms with E-state index in [9.17, 15) is 9.59 Å². The van der Waals surface area contributed by atoms with Crippen molar-refractivity contribution in [1.82, 2.24) is 9.97 Å². The summed E-state index contributed by atoms with van der Waals surface area (Å²) in [4.78, 5) is 33.6. The van der Waals surface area contributed by atoms with Crippen LogP contribution in [0.5, 0.6) is 11.5 Å². The molecule has 0 atom stereocenters. The minimum atomic E-state index is -0.567. The molecule has 0 bridgehead atoms. The number of aromatic nitrogens is 2. The number of methoxy groups -OCH3 is 2. The summed E-state index contributed by atoms with van der Waals surface area (Å²) in [6.07, 6.45) is 0. The van der Waals surface area contributed by atoms with Crippen LogP contribution in [0.2, 0.25) is 0 Å². The minimum absolute atomic E-state index is 0.131. The molecule has 0 radical (unpaired) electrons. The van der Waals surface area contributed by atoms with Gasteiger partial charge in [0.25, 0.3) is 0 Å². The molecule has 3 rings (SSSR count). The van der Waals surface area contributed by atoms with Gasteiger partial charge < -0.3 is 18.9 Å². The molecule has 2 heterocycles. The average molecular weight is 455 g/mol. The Hall–Kier alpha value is -3.42. The molecule has 2 aromatic heterocycles. The van der Waals surface area contributed by atoms with Gasteiger partial charge in [-0.2, -0.15) is 0 Å². The quantitative estimate of drug-likeness (QED) is 0.356. The largest absolute Gasteiger partial charge is 0.493 e. The summed E-state index contributed by atoms with van der Waals surface area (Å²) in [6, 6.07) is 5.06. The highest BCUT2D eigenvalue weighted by Gasteiger charge is 2.21. The van der Waals surface area contributed by atoms with Crippen molar-refractivity contribution in [1.29, 1.82) is 0 Å². The van der Waals surface area contributed by atoms with Gasteiger partial charge in [0.2, 0.25) is 0 Å². The number of carbonyl (C=O) groups is 2. The first-order valence-corrected chi connectivity index (χ1v) is 10.9. The molecule has 3 aromatic rings. The Morgan fingerprint density at radius 3 is 1.48 bits per heavy atom. The maximum atomic E-state index is 12.3. The van der Waals surface area contributed by atoms with Crippen molar-refractivity contribution in [3.8, 4) is 11.5 Å². The second-order valence-corrected chi connectivity index (χ2v) is 8.70. The smallest absolute Gasteiger partial charge is 0.356 e. The second-order valence-electron chi connectivity index (χ2n) is 8.70. The lowest BCUT2D eigenvalue weighted by Crippen LogP contribution is -2.11. The molecular formula is C25H30N2O6. The van der Waals surface area contributed by atoms with Crippen LogP contribution in [0.25, 0.3) is 21.8 Å². The number of ether oxygens (including phenoxy) is 4. The fourth-order valence-electron chi connectivity index (χ4n) is 3.34. The molecular weight excluding hydrogens is 424 g/mol. The lowest BCUT2D eigenvalue weighted by Gasteiger charge is -2.17. The normalized spacial score (nSPS) is 11.3. The Balaban J connectivity index is 2.36. The van der Waals surface area contributed by atoms with Crippen LogP contribution in [0.3, 0.4) is 0 Å². The number of pyridine rings is 2. The van der Waals surface area contributed by atoms with Gasteiger partial charge in [0, 0.05) is 28.5 Å². The van der Waals surface area contributed by atoms with Crippen LogP contribution in [0.1, 0.15) is 54.2 Å². The summed E-state index contributed by atoms with van der Waals surface area (Å²) in [6.45, 7) is 10.9. The topological polar surface area (TPSA) is 96.8 Å². The van der Waals surface area contributed by atoms with E-state index in [1.165, 1.54) is 14.2 Å². The Morgan fingerprint density at radius 2 is 1.15 bits per heavy atom. The van der Waals surface area contributed by atoms with Gasteiger partial charge in [-0.15, -0.1) is 0 Å². The Kier molecular flexibility index (Phi) is 7.36. The summed E-state index contributed by atoms with van der Waals surface area (Å²) in [7, 11) is 2.61. The van der Waals surface area contributed by atoms with Gasteiger partial charge in [-0.3, -0.25) is 0 Å². The van der Waals surface area contributed by atoms with Crippen LogP contribution in [0.4, 0.5) is 0 Å². The summed E-state index contributed by atoms with van der Waals surface area (Å²) in [5, 5.41) is 1.44. The first-order chi connectivity index (χ1) is 15.7. The number of benzene rings is 1. The summed E-state index contributed by atoms with van der Waals surface area (Å²) in [5.74, 6) is 0.471. The third-order valence-corrected chi connectivity index (χ3v) is 4.97. The predicted molar refractivity (Wildman–Crippen MR) is 125 cm³/mol. The fourth-order valence-corrected chi connectivity index (χ4v) is 3.34. The standard InChI is InChI=1S/C25H30N2O6/c1-13(2)11-32-20-9-18(24(28)30-6)26-22-15(5)23-17(8-16(20)22)21(33-12-14(3)4)10-19(27-23)25(29)31-7/h8-10,13-14H,11-12H2,1-7H3. The molecule has 0 spiro atoms. The van der Waals surface area contributed by atoms with Crippen LogP contribution >= 0.6 is 0 Å². The van der Waals surface area contributed by atoms with Crippen molar-refractivity contribution < 1.29 is 28.5 Å². The SMILES string of the molecule is COC(=O)c1cc(OCC(C)C)c2cc3c(OCC(C)C)cc(C(=O)OC)nc3c(C)c2n1. The number of rotatable bonds is 8. The zero-order valence-electron chi connectivity index (χ0n) is 20.1. The third kappa shape index (κ3) is 5.16. The number of carbonyl (C=O) groups excluding carboxylic acids is 2. The van der Waals surface area contributed by atoms with E-state index in [1.54, 1.807) is 12.1 Å². The van der Waals surface area contributed by atoms with Gasteiger partial charge in [-0.1, -0.05) is 27.7 Å². The maximum Gasteiger partial charge on any atom is 0.356 e. The lowest BCUT2D eigenvalue weighted by molar-refractivity contribution is 0.0585. The van der Waals surface area contributed by atoms with Crippen molar-refractivity contribution in [3.63, 3.8) is 0 Å². The Bertz CT molecular complexity index is 1110. The highest BCUT2D eigenvalue weighted by atomic mass is 16.5. The molecule has 0 saturated heterocycles. The van der Waals surface area contributed by atoms with Crippen LogP contribution in [0, 0.1) is 18.8 Å². The number of aryl methyl sites for hydroxylation is 1. The molecule has 0 saturated carbocycles. The van der Waals surface area contributed by atoms with E-state index in [2.05, 4.69) is 9.97 Å². The first kappa shape index (κ1) is 24.2. The first-order valence-electron chi connectivity index (χ1n) is 10.9. The van der Waals surface area contributed by atoms with Crippen molar-refractivity contribution in [2.24, 2.45) is 11.8 Å². The molecule has 0 fully saturated rings. The summed E-state index contributed by atoms with van der Waals surface area (Å²) in [5.41, 5.74) is 2.02. The molecule has 0 aliphatic carbocycles. The molecule has 0 aliphatic heterocycles. The number of fused-ring (bicyclic) bond motifs is 2. The van der Waals surface area contributed by atoms with E-state index in [4.69, 9.17) is 18.9 Å². The van der Waals surface area contributed by atoms with Crippen LogP contribution in [-0.2, 0) is 9.47 Å². The minimum Gasteiger partial charge on any atom is -0.493 e. The van der Waals surface area contributed by atoms with E-state index in [-0.39, 0.29) is 23.2 Å². The molecule has 0 aliphatic rings. The monoisotopic (exact) mass is 454 g/mol. The van der Waals surface area contributed by atoms with Crippen molar-refractivity contribution in [2.75, 3.05) is 27.4 Å². The van der Waals surface area contributed by atoms with Gasteiger partial charge in [0.05, 0.1) is 38.5 Å². The number of hydrogen-bond donors (Lipinski definition) is 0. The molecule has 1 aromatic carbocycles. The maximum absolute atomic E-state index is 12.3. The van der Waals surface area contributed by atoms with Crippen LogP contribution in [-0.4, -0.2) is 49.3 Å².